The summed E-state index contributed by atoms with van der Waals surface area (Å²) in [6.07, 6.45) is 7.24. The van der Waals surface area contributed by atoms with E-state index in [1.165, 1.54) is 24.8 Å². The van der Waals surface area contributed by atoms with Gasteiger partial charge in [0.25, 0.3) is 0 Å². The highest BCUT2D eigenvalue weighted by molar-refractivity contribution is 5.74. The smallest absolute Gasteiger partial charge is 0.0890 e. The zero-order chi connectivity index (χ0) is 14.1. The number of benzene rings is 1. The molecule has 3 heteroatoms. The highest BCUT2D eigenvalue weighted by atomic mass is 14.8. The first-order valence-corrected chi connectivity index (χ1v) is 7.61. The first-order valence-electron chi connectivity index (χ1n) is 7.61. The number of hydrogen-bond acceptors (Lipinski definition) is 3. The van der Waals surface area contributed by atoms with Gasteiger partial charge in [0, 0.05) is 18.4 Å². The molecule has 1 fully saturated rings. The highest BCUT2D eigenvalue weighted by Gasteiger charge is 2.29. The normalized spacial score (nSPS) is 28.4. The predicted molar refractivity (Wildman–Crippen MR) is 82.1 cm³/mol. The Kier molecular flexibility index (Phi) is 3.70. The lowest BCUT2D eigenvalue weighted by Gasteiger charge is -2.35. The Morgan fingerprint density at radius 1 is 1.05 bits per heavy atom. The van der Waals surface area contributed by atoms with Gasteiger partial charge in [-0.2, -0.15) is 0 Å². The van der Waals surface area contributed by atoms with Crippen molar-refractivity contribution in [1.29, 1.82) is 0 Å². The largest absolute Gasteiger partial charge is 0.324 e. The van der Waals surface area contributed by atoms with Crippen molar-refractivity contribution < 1.29 is 0 Å². The van der Waals surface area contributed by atoms with Gasteiger partial charge in [-0.3, -0.25) is 9.97 Å². The lowest BCUT2D eigenvalue weighted by molar-refractivity contribution is 0.186. The monoisotopic (exact) mass is 269 g/mol. The Bertz CT molecular complexity index is 596. The Labute approximate surface area is 120 Å². The summed E-state index contributed by atoms with van der Waals surface area (Å²) in [6, 6.07) is 6.38. The van der Waals surface area contributed by atoms with E-state index in [9.17, 15) is 0 Å². The number of rotatable bonds is 2. The summed E-state index contributed by atoms with van der Waals surface area (Å²) < 4.78 is 0. The van der Waals surface area contributed by atoms with Gasteiger partial charge >= 0.3 is 0 Å². The second-order valence-corrected chi connectivity index (χ2v) is 6.36. The molecular weight excluding hydrogens is 246 g/mol. The van der Waals surface area contributed by atoms with Crippen molar-refractivity contribution >= 4 is 11.0 Å². The van der Waals surface area contributed by atoms with Crippen molar-refractivity contribution in [2.24, 2.45) is 23.5 Å². The van der Waals surface area contributed by atoms with Gasteiger partial charge in [0.15, 0.2) is 0 Å². The van der Waals surface area contributed by atoms with Crippen molar-refractivity contribution in [3.8, 4) is 0 Å². The second kappa shape index (κ2) is 5.49. The van der Waals surface area contributed by atoms with E-state index in [4.69, 9.17) is 5.73 Å². The topological polar surface area (TPSA) is 51.8 Å². The zero-order valence-electron chi connectivity index (χ0n) is 12.3. The average Bonchev–Trinajstić information content (AvgIpc) is 2.49. The average molecular weight is 269 g/mol. The molecule has 3 rings (SSSR count). The van der Waals surface area contributed by atoms with Gasteiger partial charge in [0.1, 0.15) is 0 Å². The molecule has 1 aromatic carbocycles. The second-order valence-electron chi connectivity index (χ2n) is 6.36. The molecule has 3 nitrogen and oxygen atoms in total. The molecule has 1 aliphatic rings. The third-order valence-corrected chi connectivity index (χ3v) is 5.02. The summed E-state index contributed by atoms with van der Waals surface area (Å²) in [5, 5.41) is 0. The molecule has 0 spiro atoms. The minimum atomic E-state index is 0.122. The van der Waals surface area contributed by atoms with Crippen molar-refractivity contribution in [3.63, 3.8) is 0 Å². The van der Waals surface area contributed by atoms with E-state index in [0.29, 0.717) is 5.92 Å². The maximum absolute atomic E-state index is 6.52. The van der Waals surface area contributed by atoms with E-state index in [1.807, 2.05) is 6.07 Å². The Hall–Kier alpha value is -1.48. The van der Waals surface area contributed by atoms with Crippen LogP contribution in [0.2, 0.25) is 0 Å². The van der Waals surface area contributed by atoms with E-state index in [0.717, 1.165) is 22.9 Å². The van der Waals surface area contributed by atoms with Crippen molar-refractivity contribution in [2.45, 2.75) is 39.2 Å². The summed E-state index contributed by atoms with van der Waals surface area (Å²) in [4.78, 5) is 8.69. The fourth-order valence-electron chi connectivity index (χ4n) is 3.38. The molecule has 0 bridgehead atoms. The molecule has 20 heavy (non-hydrogen) atoms. The number of aromatic nitrogens is 2. The van der Waals surface area contributed by atoms with Crippen LogP contribution in [0.4, 0.5) is 0 Å². The van der Waals surface area contributed by atoms with Crippen molar-refractivity contribution in [1.82, 2.24) is 9.97 Å². The third kappa shape index (κ3) is 2.55. The molecule has 1 aliphatic carbocycles. The van der Waals surface area contributed by atoms with Gasteiger partial charge in [-0.1, -0.05) is 26.3 Å². The molecule has 0 amide bonds. The number of nitrogens with two attached hydrogens (primary N) is 1. The summed E-state index contributed by atoms with van der Waals surface area (Å²) in [6.45, 7) is 4.72. The Morgan fingerprint density at radius 3 is 2.55 bits per heavy atom. The van der Waals surface area contributed by atoms with Crippen molar-refractivity contribution in [3.05, 3.63) is 36.2 Å². The summed E-state index contributed by atoms with van der Waals surface area (Å²) >= 11 is 0. The van der Waals surface area contributed by atoms with Crippen LogP contribution in [0.3, 0.4) is 0 Å². The molecule has 0 radical (unpaired) electrons. The van der Waals surface area contributed by atoms with Gasteiger partial charge in [0.2, 0.25) is 0 Å². The molecule has 1 heterocycles. The minimum Gasteiger partial charge on any atom is -0.324 e. The van der Waals surface area contributed by atoms with Gasteiger partial charge < -0.3 is 5.73 Å². The molecule has 1 saturated carbocycles. The summed E-state index contributed by atoms with van der Waals surface area (Å²) in [5.74, 6) is 2.20. The van der Waals surface area contributed by atoms with Crippen LogP contribution in [-0.2, 0) is 0 Å². The predicted octanol–water partition coefficient (Wildman–Crippen LogP) is 3.70. The summed E-state index contributed by atoms with van der Waals surface area (Å²) in [5.41, 5.74) is 9.60. The SMILES string of the molecule is CC1CCC(C(N)c2ccc3nccnc3c2)CC1C. The lowest BCUT2D eigenvalue weighted by atomic mass is 9.72. The van der Waals surface area contributed by atoms with Crippen LogP contribution < -0.4 is 5.73 Å². The van der Waals surface area contributed by atoms with Crippen LogP contribution in [-0.4, -0.2) is 9.97 Å². The molecule has 4 atom stereocenters. The lowest BCUT2D eigenvalue weighted by Crippen LogP contribution is -2.29. The minimum absolute atomic E-state index is 0.122. The van der Waals surface area contributed by atoms with Crippen LogP contribution in [0, 0.1) is 17.8 Å². The van der Waals surface area contributed by atoms with Gasteiger partial charge in [-0.15, -0.1) is 0 Å². The van der Waals surface area contributed by atoms with Crippen LogP contribution in [0.1, 0.15) is 44.7 Å². The van der Waals surface area contributed by atoms with E-state index in [-0.39, 0.29) is 6.04 Å². The Balaban J connectivity index is 1.83. The third-order valence-electron chi connectivity index (χ3n) is 5.02. The first-order chi connectivity index (χ1) is 9.65. The van der Waals surface area contributed by atoms with E-state index in [2.05, 4.69) is 35.9 Å². The molecule has 2 N–H and O–H groups in total. The van der Waals surface area contributed by atoms with E-state index >= 15 is 0 Å². The maximum Gasteiger partial charge on any atom is 0.0890 e. The number of nitrogens with zero attached hydrogens (tertiary/aromatic N) is 2. The standard InChI is InChI=1S/C17H23N3/c1-11-3-4-13(9-12(11)2)17(18)14-5-6-15-16(10-14)20-8-7-19-15/h5-8,10-13,17H,3-4,9,18H2,1-2H3. The van der Waals surface area contributed by atoms with Gasteiger partial charge in [0.05, 0.1) is 11.0 Å². The molecule has 0 aliphatic heterocycles. The van der Waals surface area contributed by atoms with Crippen LogP contribution in [0.5, 0.6) is 0 Å². The highest BCUT2D eigenvalue weighted by Crippen LogP contribution is 2.39. The van der Waals surface area contributed by atoms with Crippen LogP contribution >= 0.6 is 0 Å². The van der Waals surface area contributed by atoms with Gasteiger partial charge in [-0.05, 0) is 48.3 Å². The molecule has 4 unspecified atom stereocenters. The van der Waals surface area contributed by atoms with E-state index in [1.54, 1.807) is 12.4 Å². The molecule has 0 saturated heterocycles. The number of fused-ring (bicyclic) bond motifs is 1. The van der Waals surface area contributed by atoms with Crippen LogP contribution in [0.25, 0.3) is 11.0 Å². The Morgan fingerprint density at radius 2 is 1.80 bits per heavy atom. The van der Waals surface area contributed by atoms with Gasteiger partial charge in [-0.25, -0.2) is 0 Å². The fraction of sp³-hybridized carbons (Fsp3) is 0.529. The molecular formula is C17H23N3. The fourth-order valence-corrected chi connectivity index (χ4v) is 3.38. The molecule has 106 valence electrons. The van der Waals surface area contributed by atoms with Crippen molar-refractivity contribution in [2.75, 3.05) is 0 Å². The molecule has 2 aromatic rings. The number of hydrogen-bond donors (Lipinski definition) is 1. The van der Waals surface area contributed by atoms with E-state index < -0.39 is 0 Å². The maximum atomic E-state index is 6.52. The zero-order valence-corrected chi connectivity index (χ0v) is 12.3. The molecule has 1 aromatic heterocycles. The van der Waals surface area contributed by atoms with Crippen LogP contribution in [0.15, 0.2) is 30.6 Å². The first kappa shape index (κ1) is 13.5. The summed E-state index contributed by atoms with van der Waals surface area (Å²) in [7, 11) is 0. The quantitative estimate of drug-likeness (QED) is 0.904.